The molecule has 1 heterocycles. The summed E-state index contributed by atoms with van der Waals surface area (Å²) in [6, 6.07) is 2.62. The first-order chi connectivity index (χ1) is 11.9. The zero-order valence-corrected chi connectivity index (χ0v) is 18.8. The molecule has 0 aromatic carbocycles. The van der Waals surface area contributed by atoms with Crippen LogP contribution in [0.4, 0.5) is 0 Å². The summed E-state index contributed by atoms with van der Waals surface area (Å²) in [6.45, 7) is 2.53. The van der Waals surface area contributed by atoms with Gasteiger partial charge in [0.05, 0.1) is 12.4 Å². The topological polar surface area (TPSA) is 96.6 Å². The molecule has 26 heavy (non-hydrogen) atoms. The van der Waals surface area contributed by atoms with Crippen LogP contribution < -0.4 is 29.6 Å². The van der Waals surface area contributed by atoms with E-state index in [1.54, 1.807) is 0 Å². The molecule has 6 nitrogen and oxygen atoms in total. The average molecular weight is 396 g/mol. The molecule has 0 unspecified atom stereocenters. The second-order valence-corrected chi connectivity index (χ2v) is 7.69. The van der Waals surface area contributed by atoms with Crippen molar-refractivity contribution in [1.82, 2.24) is 0 Å². The van der Waals surface area contributed by atoms with Gasteiger partial charge in [0.25, 0.3) is 0 Å². The minimum atomic E-state index is -4.42. The average Bonchev–Trinajstić information content (AvgIpc) is 2.99. The summed E-state index contributed by atoms with van der Waals surface area (Å²) in [7, 11) is -4.42. The molecule has 0 aliphatic heterocycles. The Kier molecular flexibility index (Phi) is 14.5. The van der Waals surface area contributed by atoms with E-state index in [9.17, 15) is 17.8 Å². The minimum absolute atomic E-state index is 0. The van der Waals surface area contributed by atoms with E-state index in [0.717, 1.165) is 19.3 Å². The van der Waals surface area contributed by atoms with Crippen molar-refractivity contribution in [3.63, 3.8) is 0 Å². The molecular formula is C18H29NaO6S. The normalized spacial score (nSPS) is 11.2. The fourth-order valence-corrected chi connectivity index (χ4v) is 3.07. The fourth-order valence-electron chi connectivity index (χ4n) is 2.56. The number of hydrogen-bond acceptors (Lipinski definition) is 6. The Morgan fingerprint density at radius 2 is 1.54 bits per heavy atom. The van der Waals surface area contributed by atoms with Crippen LogP contribution >= 0.6 is 0 Å². The molecule has 8 heteroatoms. The second kappa shape index (κ2) is 14.7. The van der Waals surface area contributed by atoms with Gasteiger partial charge in [0.2, 0.25) is 5.76 Å². The van der Waals surface area contributed by atoms with Gasteiger partial charge in [-0.15, -0.1) is 0 Å². The summed E-state index contributed by atoms with van der Waals surface area (Å²) < 4.78 is 42.0. The Hall–Kier alpha value is -0.340. The monoisotopic (exact) mass is 396 g/mol. The third-order valence-corrected chi connectivity index (χ3v) is 4.55. The van der Waals surface area contributed by atoms with Crippen molar-refractivity contribution >= 4 is 16.1 Å². The molecule has 1 rings (SSSR count). The van der Waals surface area contributed by atoms with Crippen molar-refractivity contribution in [2.75, 3.05) is 6.61 Å². The third kappa shape index (κ3) is 12.9. The van der Waals surface area contributed by atoms with E-state index in [1.165, 1.54) is 57.1 Å². The van der Waals surface area contributed by atoms with Crippen LogP contribution in [0.25, 0.3) is 0 Å². The van der Waals surface area contributed by atoms with Gasteiger partial charge >= 0.3 is 35.5 Å². The molecule has 0 N–H and O–H groups in total. The first-order valence-electron chi connectivity index (χ1n) is 9.12. The first kappa shape index (κ1) is 25.7. The third-order valence-electron chi connectivity index (χ3n) is 3.91. The molecule has 0 aliphatic rings. The second-order valence-electron chi connectivity index (χ2n) is 6.29. The van der Waals surface area contributed by atoms with Crippen LogP contribution in [-0.2, 0) is 20.6 Å². The molecule has 0 atom stereocenters. The van der Waals surface area contributed by atoms with E-state index in [4.69, 9.17) is 9.15 Å². The van der Waals surface area contributed by atoms with Crippen LogP contribution in [0, 0.1) is 0 Å². The minimum Gasteiger partial charge on any atom is -0.748 e. The number of carbonyl (C=O) groups is 1. The maximum atomic E-state index is 11.7. The molecule has 0 aliphatic carbocycles. The van der Waals surface area contributed by atoms with Gasteiger partial charge in [0, 0.05) is 0 Å². The Labute approximate surface area is 179 Å². The molecule has 0 amide bonds. The number of hydrogen-bond donors (Lipinski definition) is 0. The molecule has 0 saturated carbocycles. The smallest absolute Gasteiger partial charge is 0.748 e. The largest absolute Gasteiger partial charge is 1.00 e. The molecule has 0 radical (unpaired) electrons. The van der Waals surface area contributed by atoms with Crippen LogP contribution in [0.3, 0.4) is 0 Å². The number of rotatable bonds is 14. The predicted octanol–water partition coefficient (Wildman–Crippen LogP) is 1.41. The summed E-state index contributed by atoms with van der Waals surface area (Å²) in [5.74, 6) is -1.53. The summed E-state index contributed by atoms with van der Waals surface area (Å²) in [5, 5.41) is 0. The van der Waals surface area contributed by atoms with Crippen molar-refractivity contribution in [1.29, 1.82) is 0 Å². The van der Waals surface area contributed by atoms with Gasteiger partial charge in [0.15, 0.2) is 0 Å². The molecule has 0 bridgehead atoms. The van der Waals surface area contributed by atoms with Gasteiger partial charge in [-0.1, -0.05) is 64.7 Å². The molecule has 1 aromatic heterocycles. The van der Waals surface area contributed by atoms with Crippen molar-refractivity contribution in [2.45, 2.75) is 76.9 Å². The van der Waals surface area contributed by atoms with E-state index < -0.39 is 21.8 Å². The Balaban J connectivity index is 0.00000625. The van der Waals surface area contributed by atoms with Gasteiger partial charge < -0.3 is 13.7 Å². The molecule has 0 fully saturated rings. The van der Waals surface area contributed by atoms with Crippen LogP contribution in [0.1, 0.15) is 87.4 Å². The van der Waals surface area contributed by atoms with E-state index in [1.807, 2.05) is 0 Å². The first-order valence-corrected chi connectivity index (χ1v) is 10.7. The van der Waals surface area contributed by atoms with Crippen molar-refractivity contribution in [3.8, 4) is 0 Å². The fraction of sp³-hybridized carbons (Fsp3) is 0.722. The van der Waals surface area contributed by atoms with Crippen LogP contribution in [0.15, 0.2) is 16.5 Å². The Morgan fingerprint density at radius 1 is 1.00 bits per heavy atom. The molecule has 0 spiro atoms. The number of furan rings is 1. The number of unbranched alkanes of at least 4 members (excludes halogenated alkanes) is 9. The van der Waals surface area contributed by atoms with Gasteiger partial charge in [0.1, 0.15) is 15.9 Å². The van der Waals surface area contributed by atoms with E-state index >= 15 is 0 Å². The predicted molar refractivity (Wildman–Crippen MR) is 94.2 cm³/mol. The van der Waals surface area contributed by atoms with E-state index in [2.05, 4.69) is 6.92 Å². The summed E-state index contributed by atoms with van der Waals surface area (Å²) in [4.78, 5) is 11.7. The number of esters is 1. The van der Waals surface area contributed by atoms with Gasteiger partial charge in [-0.05, 0) is 18.6 Å². The molecular weight excluding hydrogens is 367 g/mol. The van der Waals surface area contributed by atoms with Gasteiger partial charge in [-0.2, -0.15) is 0 Å². The van der Waals surface area contributed by atoms with Crippen LogP contribution in [0.5, 0.6) is 0 Å². The Bertz CT molecular complexity index is 597. The summed E-state index contributed by atoms with van der Waals surface area (Å²) in [6.07, 6.45) is 12.0. The standard InChI is InChI=1S/C18H30O6S.Na/c1-2-3-4-5-6-7-8-9-10-11-14-23-18(19)17-13-12-16(24-17)15-25(20,21)22;/h12-13H,2-11,14-15H2,1H3,(H,20,21,22);/q;+1/p-1. The van der Waals surface area contributed by atoms with Gasteiger partial charge in [-0.25, -0.2) is 13.2 Å². The maximum absolute atomic E-state index is 11.7. The van der Waals surface area contributed by atoms with E-state index in [0.29, 0.717) is 6.61 Å². The van der Waals surface area contributed by atoms with Crippen molar-refractivity contribution in [3.05, 3.63) is 23.7 Å². The zero-order valence-electron chi connectivity index (χ0n) is 16.0. The number of carbonyl (C=O) groups excluding carboxylic acids is 1. The maximum Gasteiger partial charge on any atom is 1.00 e. The Morgan fingerprint density at radius 3 is 2.08 bits per heavy atom. The number of ether oxygens (including phenoxy) is 1. The summed E-state index contributed by atoms with van der Waals surface area (Å²) in [5.41, 5.74) is 0. The zero-order chi connectivity index (χ0) is 18.5. The van der Waals surface area contributed by atoms with Crippen molar-refractivity contribution in [2.24, 2.45) is 0 Å². The van der Waals surface area contributed by atoms with E-state index in [-0.39, 0.29) is 41.1 Å². The SMILES string of the molecule is CCCCCCCCCCCCOC(=O)c1ccc(CS(=O)(=O)[O-])o1.[Na+]. The van der Waals surface area contributed by atoms with Crippen LogP contribution in [-0.4, -0.2) is 25.5 Å². The van der Waals surface area contributed by atoms with Crippen molar-refractivity contribution < 1.29 is 56.5 Å². The quantitative estimate of drug-likeness (QED) is 0.204. The van der Waals surface area contributed by atoms with Crippen LogP contribution in [0.2, 0.25) is 0 Å². The summed E-state index contributed by atoms with van der Waals surface area (Å²) >= 11 is 0. The molecule has 144 valence electrons. The van der Waals surface area contributed by atoms with Gasteiger partial charge in [-0.3, -0.25) is 0 Å². The molecule has 1 aromatic rings. The molecule has 0 saturated heterocycles.